The van der Waals surface area contributed by atoms with Crippen LogP contribution >= 0.6 is 0 Å². The van der Waals surface area contributed by atoms with E-state index in [0.717, 1.165) is 80.2 Å². The van der Waals surface area contributed by atoms with Gasteiger partial charge in [0.15, 0.2) is 0 Å². The molecule has 180 valence electrons. The lowest BCUT2D eigenvalue weighted by Gasteiger charge is -2.35. The number of para-hydroxylation sites is 1. The van der Waals surface area contributed by atoms with Gasteiger partial charge in [-0.15, -0.1) is 0 Å². The molecule has 0 unspecified atom stereocenters. The summed E-state index contributed by atoms with van der Waals surface area (Å²) in [5, 5.41) is 3.95. The molecule has 1 fully saturated rings. The highest BCUT2D eigenvalue weighted by Crippen LogP contribution is 2.28. The fourth-order valence-corrected chi connectivity index (χ4v) is 4.68. The first-order valence-electron chi connectivity index (χ1n) is 12.5. The van der Waals surface area contributed by atoms with Crippen LogP contribution in [0.4, 0.5) is 11.5 Å². The number of anilines is 2. The maximum Gasteiger partial charge on any atom is 0.259 e. The number of hydrogen-bond donors (Lipinski definition) is 1. The Hall–Kier alpha value is -3.64. The molecule has 1 aliphatic rings. The number of carbonyl (C=O) groups is 1. The normalized spacial score (nSPS) is 14.4. The van der Waals surface area contributed by atoms with Crippen molar-refractivity contribution in [1.82, 2.24) is 9.88 Å². The Morgan fingerprint density at radius 3 is 2.49 bits per heavy atom. The molecule has 3 heterocycles. The third-order valence-electron chi connectivity index (χ3n) is 6.62. The maximum absolute atomic E-state index is 13.2. The number of amides is 1. The predicted octanol–water partition coefficient (Wildman–Crippen LogP) is 5.74. The summed E-state index contributed by atoms with van der Waals surface area (Å²) in [6.45, 7) is 7.00. The fraction of sp³-hybridized carbons (Fsp3) is 0.310. The van der Waals surface area contributed by atoms with Crippen molar-refractivity contribution in [2.24, 2.45) is 0 Å². The van der Waals surface area contributed by atoms with Gasteiger partial charge in [0.25, 0.3) is 5.91 Å². The molecule has 0 saturated carbocycles. The first-order chi connectivity index (χ1) is 17.2. The van der Waals surface area contributed by atoms with Gasteiger partial charge in [-0.05, 0) is 42.3 Å². The van der Waals surface area contributed by atoms with Gasteiger partial charge < -0.3 is 14.6 Å². The van der Waals surface area contributed by atoms with Crippen molar-refractivity contribution in [3.63, 3.8) is 0 Å². The third-order valence-corrected chi connectivity index (χ3v) is 6.62. The van der Waals surface area contributed by atoms with Crippen LogP contribution in [-0.2, 0) is 13.0 Å². The number of unbranched alkanes of at least 4 members (excludes halogenated alkanes) is 1. The first-order valence-corrected chi connectivity index (χ1v) is 12.5. The summed E-state index contributed by atoms with van der Waals surface area (Å²) < 4.78 is 6.03. The zero-order valence-corrected chi connectivity index (χ0v) is 20.2. The van der Waals surface area contributed by atoms with E-state index in [-0.39, 0.29) is 5.91 Å². The Morgan fingerprint density at radius 2 is 1.74 bits per heavy atom. The molecular formula is C29H32N4O2. The van der Waals surface area contributed by atoms with Gasteiger partial charge in [-0.25, -0.2) is 4.98 Å². The van der Waals surface area contributed by atoms with E-state index in [4.69, 9.17) is 4.42 Å². The summed E-state index contributed by atoms with van der Waals surface area (Å²) in [5.74, 6) is 1.71. The molecule has 1 N–H and O–H groups in total. The van der Waals surface area contributed by atoms with Crippen molar-refractivity contribution in [1.29, 1.82) is 0 Å². The molecule has 4 aromatic rings. The minimum absolute atomic E-state index is 0.112. The second-order valence-corrected chi connectivity index (χ2v) is 9.10. The molecule has 2 aromatic heterocycles. The number of carbonyl (C=O) groups excluding carboxylic acids is 1. The number of nitrogens with zero attached hydrogens (tertiary/aromatic N) is 3. The van der Waals surface area contributed by atoms with Crippen molar-refractivity contribution >= 4 is 28.4 Å². The molecule has 35 heavy (non-hydrogen) atoms. The van der Waals surface area contributed by atoms with Gasteiger partial charge in [0.2, 0.25) is 0 Å². The van der Waals surface area contributed by atoms with E-state index in [0.29, 0.717) is 5.56 Å². The number of rotatable bonds is 8. The molecule has 0 radical (unpaired) electrons. The SMILES string of the molecule is CCCCc1oc2ccccc2c1C(=O)Nc1ccc(CN2CCN(c3ccccn3)CC2)cc1. The van der Waals surface area contributed by atoms with Crippen LogP contribution in [0.5, 0.6) is 0 Å². The Balaban J connectivity index is 1.20. The maximum atomic E-state index is 13.2. The fourth-order valence-electron chi connectivity index (χ4n) is 4.68. The molecule has 1 amide bonds. The number of piperazine rings is 1. The third kappa shape index (κ3) is 5.38. The molecule has 1 aliphatic heterocycles. The van der Waals surface area contributed by atoms with Gasteiger partial charge >= 0.3 is 0 Å². The van der Waals surface area contributed by atoms with Crippen LogP contribution < -0.4 is 10.2 Å². The van der Waals surface area contributed by atoms with Crippen molar-refractivity contribution in [3.05, 3.63) is 89.8 Å². The summed E-state index contributed by atoms with van der Waals surface area (Å²) >= 11 is 0. The van der Waals surface area contributed by atoms with Gasteiger partial charge in [-0.1, -0.05) is 49.7 Å². The zero-order valence-electron chi connectivity index (χ0n) is 20.2. The summed E-state index contributed by atoms with van der Waals surface area (Å²) in [5.41, 5.74) is 3.46. The minimum Gasteiger partial charge on any atom is -0.460 e. The average Bonchev–Trinajstić information content (AvgIpc) is 3.28. The van der Waals surface area contributed by atoms with Crippen LogP contribution in [0.25, 0.3) is 11.0 Å². The number of furan rings is 1. The van der Waals surface area contributed by atoms with Crippen LogP contribution in [0.2, 0.25) is 0 Å². The van der Waals surface area contributed by atoms with Crippen LogP contribution in [0, 0.1) is 0 Å². The van der Waals surface area contributed by atoms with Crippen LogP contribution in [0.3, 0.4) is 0 Å². The molecule has 0 bridgehead atoms. The lowest BCUT2D eigenvalue weighted by atomic mass is 10.1. The lowest BCUT2D eigenvalue weighted by Crippen LogP contribution is -2.46. The van der Waals surface area contributed by atoms with Gasteiger partial charge in [-0.3, -0.25) is 9.69 Å². The van der Waals surface area contributed by atoms with Gasteiger partial charge in [0.1, 0.15) is 17.2 Å². The molecule has 6 nitrogen and oxygen atoms in total. The Kier molecular flexibility index (Phi) is 7.09. The van der Waals surface area contributed by atoms with Crippen molar-refractivity contribution in [2.75, 3.05) is 36.4 Å². The average molecular weight is 469 g/mol. The highest BCUT2D eigenvalue weighted by Gasteiger charge is 2.21. The number of pyridine rings is 1. The monoisotopic (exact) mass is 468 g/mol. The second-order valence-electron chi connectivity index (χ2n) is 9.10. The predicted molar refractivity (Wildman–Crippen MR) is 141 cm³/mol. The van der Waals surface area contributed by atoms with E-state index in [1.54, 1.807) is 0 Å². The summed E-state index contributed by atoms with van der Waals surface area (Å²) in [6, 6.07) is 22.0. The number of nitrogens with one attached hydrogen (secondary N) is 1. The molecule has 0 spiro atoms. The molecule has 5 rings (SSSR count). The summed E-state index contributed by atoms with van der Waals surface area (Å²) in [6.07, 6.45) is 4.66. The van der Waals surface area contributed by atoms with Crippen molar-refractivity contribution < 1.29 is 9.21 Å². The zero-order chi connectivity index (χ0) is 24.0. The van der Waals surface area contributed by atoms with Crippen molar-refractivity contribution in [2.45, 2.75) is 32.7 Å². The lowest BCUT2D eigenvalue weighted by molar-refractivity contribution is 0.102. The highest BCUT2D eigenvalue weighted by atomic mass is 16.3. The molecule has 0 aliphatic carbocycles. The number of aromatic nitrogens is 1. The first kappa shape index (κ1) is 23.1. The Morgan fingerprint density at radius 1 is 0.971 bits per heavy atom. The number of fused-ring (bicyclic) bond motifs is 1. The number of aryl methyl sites for hydroxylation is 1. The topological polar surface area (TPSA) is 61.6 Å². The Labute approximate surface area is 206 Å². The minimum atomic E-state index is -0.112. The Bertz CT molecular complexity index is 1260. The van der Waals surface area contributed by atoms with Gasteiger partial charge in [0, 0.05) is 56.4 Å². The van der Waals surface area contributed by atoms with E-state index in [9.17, 15) is 4.79 Å². The second kappa shape index (κ2) is 10.7. The van der Waals surface area contributed by atoms with Crippen LogP contribution in [0.15, 0.2) is 77.3 Å². The van der Waals surface area contributed by atoms with Gasteiger partial charge in [-0.2, -0.15) is 0 Å². The van der Waals surface area contributed by atoms with Gasteiger partial charge in [0.05, 0.1) is 5.56 Å². The number of hydrogen-bond acceptors (Lipinski definition) is 5. The van der Waals surface area contributed by atoms with E-state index in [2.05, 4.69) is 45.2 Å². The summed E-state index contributed by atoms with van der Waals surface area (Å²) in [4.78, 5) is 22.5. The molecule has 6 heteroatoms. The van der Waals surface area contributed by atoms with Crippen LogP contribution in [-0.4, -0.2) is 42.0 Å². The highest BCUT2D eigenvalue weighted by molar-refractivity contribution is 6.13. The van der Waals surface area contributed by atoms with E-state index in [1.807, 2.05) is 54.7 Å². The van der Waals surface area contributed by atoms with Crippen molar-refractivity contribution in [3.8, 4) is 0 Å². The largest absolute Gasteiger partial charge is 0.460 e. The number of benzene rings is 2. The molecule has 0 atom stereocenters. The molecule has 2 aromatic carbocycles. The summed E-state index contributed by atoms with van der Waals surface area (Å²) in [7, 11) is 0. The van der Waals surface area contributed by atoms with Crippen LogP contribution in [0.1, 0.15) is 41.4 Å². The van der Waals surface area contributed by atoms with E-state index >= 15 is 0 Å². The quantitative estimate of drug-likeness (QED) is 0.357. The molecule has 1 saturated heterocycles. The molecular weight excluding hydrogens is 436 g/mol. The van der Waals surface area contributed by atoms with E-state index in [1.165, 1.54) is 5.56 Å². The smallest absolute Gasteiger partial charge is 0.259 e. The standard InChI is InChI=1S/C29H32N4O2/c1-2-3-9-26-28(24-8-4-5-10-25(24)35-26)29(34)31-23-14-12-22(13-15-23)21-32-17-19-33(20-18-32)27-11-6-7-16-30-27/h4-8,10-16H,2-3,9,17-21H2,1H3,(H,31,34). The van der Waals surface area contributed by atoms with E-state index < -0.39 is 0 Å².